The number of hydrogen-bond donors (Lipinski definition) is 1. The Labute approximate surface area is 112 Å². The summed E-state index contributed by atoms with van der Waals surface area (Å²) in [5, 5.41) is 2.74. The minimum absolute atomic E-state index is 0.0549. The molecule has 0 aliphatic rings. The van der Waals surface area contributed by atoms with Crippen molar-refractivity contribution in [3.63, 3.8) is 0 Å². The largest absolute Gasteiger partial charge is 0.351 e. The first kappa shape index (κ1) is 15.0. The van der Waals surface area contributed by atoms with Crippen LogP contribution >= 0.6 is 10.7 Å². The van der Waals surface area contributed by atoms with Crippen molar-refractivity contribution in [2.45, 2.75) is 32.2 Å². The molecular formula is C11H17ClN2O3S. The highest BCUT2D eigenvalue weighted by molar-refractivity contribution is 8.13. The molecule has 1 amide bonds. The van der Waals surface area contributed by atoms with Gasteiger partial charge in [0, 0.05) is 30.0 Å². The van der Waals surface area contributed by atoms with Gasteiger partial charge in [0.05, 0.1) is 0 Å². The van der Waals surface area contributed by atoms with Crippen LogP contribution in [-0.4, -0.2) is 25.4 Å². The standard InChI is InChI=1S/C11H17ClN2O3S/c1-4-14-7-9(18(12,16)17)5-10(14)11(15)13-6-8(2)3/h5,7-8H,4,6H2,1-3H3,(H,13,15). The van der Waals surface area contributed by atoms with Gasteiger partial charge in [-0.05, 0) is 18.9 Å². The first-order valence-electron chi connectivity index (χ1n) is 5.68. The fourth-order valence-corrected chi connectivity index (χ4v) is 2.22. The molecule has 0 atom stereocenters. The lowest BCUT2D eigenvalue weighted by atomic mass is 10.2. The van der Waals surface area contributed by atoms with Gasteiger partial charge in [-0.3, -0.25) is 4.79 Å². The summed E-state index contributed by atoms with van der Waals surface area (Å²) in [6, 6.07) is 1.29. The van der Waals surface area contributed by atoms with Gasteiger partial charge in [0.15, 0.2) is 0 Å². The Bertz CT molecular complexity index is 534. The van der Waals surface area contributed by atoms with Crippen LogP contribution in [0.1, 0.15) is 31.3 Å². The van der Waals surface area contributed by atoms with Crippen LogP contribution in [0.4, 0.5) is 0 Å². The maximum atomic E-state index is 11.9. The van der Waals surface area contributed by atoms with E-state index in [1.807, 2.05) is 20.8 Å². The van der Waals surface area contributed by atoms with E-state index in [0.717, 1.165) is 0 Å². The molecule has 1 aromatic heterocycles. The van der Waals surface area contributed by atoms with E-state index in [0.29, 0.717) is 24.7 Å². The van der Waals surface area contributed by atoms with Gasteiger partial charge in [0.1, 0.15) is 10.6 Å². The number of halogens is 1. The van der Waals surface area contributed by atoms with Gasteiger partial charge in [-0.2, -0.15) is 0 Å². The molecule has 0 radical (unpaired) electrons. The van der Waals surface area contributed by atoms with Crippen LogP contribution in [0.2, 0.25) is 0 Å². The third-order valence-corrected chi connectivity index (χ3v) is 3.72. The second kappa shape index (κ2) is 5.75. The third-order valence-electron chi connectivity index (χ3n) is 2.40. The maximum absolute atomic E-state index is 11.9. The molecule has 5 nitrogen and oxygen atoms in total. The van der Waals surface area contributed by atoms with Crippen molar-refractivity contribution in [3.8, 4) is 0 Å². The molecule has 0 unspecified atom stereocenters. The van der Waals surface area contributed by atoms with E-state index in [9.17, 15) is 13.2 Å². The lowest BCUT2D eigenvalue weighted by Gasteiger charge is -2.09. The van der Waals surface area contributed by atoms with Crippen molar-refractivity contribution >= 4 is 25.6 Å². The molecule has 0 spiro atoms. The van der Waals surface area contributed by atoms with Gasteiger partial charge in [0.2, 0.25) is 0 Å². The molecule has 0 saturated carbocycles. The lowest BCUT2D eigenvalue weighted by molar-refractivity contribution is 0.0940. The molecule has 0 aliphatic carbocycles. The Kier molecular flexibility index (Phi) is 4.81. The Morgan fingerprint density at radius 3 is 2.56 bits per heavy atom. The molecule has 1 rings (SSSR count). The minimum atomic E-state index is -3.81. The number of amides is 1. The molecule has 1 N–H and O–H groups in total. The Balaban J connectivity index is 3.01. The van der Waals surface area contributed by atoms with Crippen LogP contribution in [0.15, 0.2) is 17.2 Å². The molecule has 0 saturated heterocycles. The van der Waals surface area contributed by atoms with Gasteiger partial charge < -0.3 is 9.88 Å². The molecule has 0 aliphatic heterocycles. The lowest BCUT2D eigenvalue weighted by Crippen LogP contribution is -2.29. The van der Waals surface area contributed by atoms with Gasteiger partial charge in [-0.1, -0.05) is 13.8 Å². The summed E-state index contributed by atoms with van der Waals surface area (Å²) in [4.78, 5) is 11.8. The molecule has 1 aromatic rings. The van der Waals surface area contributed by atoms with Crippen molar-refractivity contribution in [1.29, 1.82) is 0 Å². The normalized spacial score (nSPS) is 11.8. The number of nitrogens with zero attached hydrogens (tertiary/aromatic N) is 1. The van der Waals surface area contributed by atoms with Gasteiger partial charge in [-0.15, -0.1) is 0 Å². The number of hydrogen-bond acceptors (Lipinski definition) is 3. The number of rotatable bonds is 5. The number of nitrogens with one attached hydrogen (secondary N) is 1. The number of aryl methyl sites for hydroxylation is 1. The second-order valence-corrected chi connectivity index (χ2v) is 6.95. The highest BCUT2D eigenvalue weighted by atomic mass is 35.7. The monoisotopic (exact) mass is 292 g/mol. The van der Waals surface area contributed by atoms with Crippen molar-refractivity contribution in [2.24, 2.45) is 5.92 Å². The Hall–Kier alpha value is -1.01. The predicted octanol–water partition coefficient (Wildman–Crippen LogP) is 1.82. The maximum Gasteiger partial charge on any atom is 0.267 e. The SMILES string of the molecule is CCn1cc(S(=O)(=O)Cl)cc1C(=O)NCC(C)C. The average molecular weight is 293 g/mol. The van der Waals surface area contributed by atoms with Crippen LogP contribution < -0.4 is 5.32 Å². The summed E-state index contributed by atoms with van der Waals surface area (Å²) < 4.78 is 24.0. The quantitative estimate of drug-likeness (QED) is 0.842. The summed E-state index contributed by atoms with van der Waals surface area (Å²) >= 11 is 0. The first-order chi connectivity index (χ1) is 8.25. The smallest absolute Gasteiger partial charge is 0.267 e. The van der Waals surface area contributed by atoms with E-state index in [-0.39, 0.29) is 10.8 Å². The average Bonchev–Trinajstić information content (AvgIpc) is 2.69. The highest BCUT2D eigenvalue weighted by Gasteiger charge is 2.19. The fraction of sp³-hybridized carbons (Fsp3) is 0.545. The van der Waals surface area contributed by atoms with E-state index < -0.39 is 9.05 Å². The molecule has 0 aromatic carbocycles. The van der Waals surface area contributed by atoms with Gasteiger partial charge >= 0.3 is 0 Å². The predicted molar refractivity (Wildman–Crippen MR) is 70.3 cm³/mol. The van der Waals surface area contributed by atoms with Crippen molar-refractivity contribution in [1.82, 2.24) is 9.88 Å². The van der Waals surface area contributed by atoms with E-state index in [1.54, 1.807) is 4.57 Å². The summed E-state index contributed by atoms with van der Waals surface area (Å²) in [7, 11) is 1.45. The Morgan fingerprint density at radius 1 is 1.50 bits per heavy atom. The molecule has 102 valence electrons. The molecule has 0 fully saturated rings. The molecular weight excluding hydrogens is 276 g/mol. The van der Waals surface area contributed by atoms with Crippen LogP contribution in [0, 0.1) is 5.92 Å². The Morgan fingerprint density at radius 2 is 2.11 bits per heavy atom. The van der Waals surface area contributed by atoms with Crippen LogP contribution in [0.5, 0.6) is 0 Å². The van der Waals surface area contributed by atoms with E-state index in [2.05, 4.69) is 5.32 Å². The fourth-order valence-electron chi connectivity index (χ4n) is 1.46. The zero-order valence-electron chi connectivity index (χ0n) is 10.6. The highest BCUT2D eigenvalue weighted by Crippen LogP contribution is 2.18. The molecule has 1 heterocycles. The van der Waals surface area contributed by atoms with Crippen molar-refractivity contribution in [2.75, 3.05) is 6.54 Å². The molecule has 0 bridgehead atoms. The molecule has 7 heteroatoms. The van der Waals surface area contributed by atoms with E-state index in [4.69, 9.17) is 10.7 Å². The van der Waals surface area contributed by atoms with Crippen molar-refractivity contribution in [3.05, 3.63) is 18.0 Å². The van der Waals surface area contributed by atoms with Crippen LogP contribution in [0.25, 0.3) is 0 Å². The van der Waals surface area contributed by atoms with E-state index in [1.165, 1.54) is 12.3 Å². The van der Waals surface area contributed by atoms with Crippen molar-refractivity contribution < 1.29 is 13.2 Å². The summed E-state index contributed by atoms with van der Waals surface area (Å²) in [6.45, 7) is 6.82. The van der Waals surface area contributed by atoms with E-state index >= 15 is 0 Å². The summed E-state index contributed by atoms with van der Waals surface area (Å²) in [5.41, 5.74) is 0.303. The summed E-state index contributed by atoms with van der Waals surface area (Å²) in [5.74, 6) is 0.0346. The first-order valence-corrected chi connectivity index (χ1v) is 7.99. The van der Waals surface area contributed by atoms with Crippen LogP contribution in [-0.2, 0) is 15.6 Å². The second-order valence-electron chi connectivity index (χ2n) is 4.39. The minimum Gasteiger partial charge on any atom is -0.351 e. The van der Waals surface area contributed by atoms with Gasteiger partial charge in [0.25, 0.3) is 15.0 Å². The zero-order valence-corrected chi connectivity index (χ0v) is 12.2. The van der Waals surface area contributed by atoms with Crippen LogP contribution in [0.3, 0.4) is 0 Å². The molecule has 18 heavy (non-hydrogen) atoms. The number of aromatic nitrogens is 1. The zero-order chi connectivity index (χ0) is 13.9. The number of carbonyl (C=O) groups excluding carboxylic acids is 1. The topological polar surface area (TPSA) is 68.2 Å². The van der Waals surface area contributed by atoms with Gasteiger partial charge in [-0.25, -0.2) is 8.42 Å². The number of carbonyl (C=O) groups is 1. The third kappa shape index (κ3) is 3.74. The summed E-state index contributed by atoms with van der Waals surface area (Å²) in [6.07, 6.45) is 1.37.